The van der Waals surface area contributed by atoms with Crippen LogP contribution in [0.1, 0.15) is 25.3 Å². The van der Waals surface area contributed by atoms with Crippen molar-refractivity contribution in [3.05, 3.63) is 59.1 Å². The second-order valence-electron chi connectivity index (χ2n) is 6.30. The topological polar surface area (TPSA) is 57.0 Å². The average Bonchev–Trinajstić information content (AvgIpc) is 3.11. The normalized spacial score (nSPS) is 10.8. The van der Waals surface area contributed by atoms with E-state index in [9.17, 15) is 4.79 Å². The van der Waals surface area contributed by atoms with Crippen molar-refractivity contribution >= 4 is 29.3 Å². The van der Waals surface area contributed by atoms with Gasteiger partial charge < -0.3 is 4.74 Å². The zero-order valence-electron chi connectivity index (χ0n) is 15.9. The zero-order valence-corrected chi connectivity index (χ0v) is 17.5. The predicted molar refractivity (Wildman–Crippen MR) is 113 cm³/mol. The zero-order chi connectivity index (χ0) is 19.9. The number of ether oxygens (including phenoxy) is 1. The number of halogens is 1. The quantitative estimate of drug-likeness (QED) is 0.282. The Morgan fingerprint density at radius 3 is 2.61 bits per heavy atom. The maximum absolute atomic E-state index is 12.0. The number of benzene rings is 2. The molecule has 1 heterocycles. The van der Waals surface area contributed by atoms with Crippen molar-refractivity contribution in [3.8, 4) is 17.1 Å². The minimum absolute atomic E-state index is 0.189. The highest BCUT2D eigenvalue weighted by Crippen LogP contribution is 2.30. The summed E-state index contributed by atoms with van der Waals surface area (Å²) in [5.74, 6) is 0.646. The summed E-state index contributed by atoms with van der Waals surface area (Å²) in [4.78, 5) is 12.0. The maximum Gasteiger partial charge on any atom is 0.316 e. The number of carbonyl (C=O) groups excluding carboxylic acids is 1. The average molecular weight is 416 g/mol. The van der Waals surface area contributed by atoms with Crippen LogP contribution >= 0.6 is 23.4 Å². The molecule has 0 saturated heterocycles. The fourth-order valence-electron chi connectivity index (χ4n) is 2.68. The highest BCUT2D eigenvalue weighted by Gasteiger charge is 2.18. The molecule has 146 valence electrons. The molecule has 0 atom stereocenters. The molecule has 0 aliphatic heterocycles. The van der Waals surface area contributed by atoms with E-state index in [2.05, 4.69) is 17.1 Å². The first-order chi connectivity index (χ1) is 13.6. The molecule has 3 aromatic rings. The van der Waals surface area contributed by atoms with Crippen molar-refractivity contribution in [1.82, 2.24) is 14.8 Å². The molecule has 3 rings (SSSR count). The van der Waals surface area contributed by atoms with Crippen molar-refractivity contribution < 1.29 is 9.53 Å². The number of thioether (sulfide) groups is 1. The van der Waals surface area contributed by atoms with Gasteiger partial charge in [-0.15, -0.1) is 10.2 Å². The molecule has 0 aliphatic rings. The van der Waals surface area contributed by atoms with Crippen molar-refractivity contribution in [3.63, 3.8) is 0 Å². The van der Waals surface area contributed by atoms with Crippen LogP contribution in [0.15, 0.2) is 53.7 Å². The smallest absolute Gasteiger partial charge is 0.316 e. The number of unbranched alkanes of at least 4 members (excludes halogenated alkanes) is 1. The SMILES string of the molecule is CCCCOC(=O)CSc1nnc(-c2ccc(Cl)cc2)n1-c1ccccc1C. The van der Waals surface area contributed by atoms with Crippen LogP contribution < -0.4 is 0 Å². The van der Waals surface area contributed by atoms with Gasteiger partial charge in [0.25, 0.3) is 0 Å². The maximum atomic E-state index is 12.0. The van der Waals surface area contributed by atoms with E-state index < -0.39 is 0 Å². The lowest BCUT2D eigenvalue weighted by atomic mass is 10.1. The van der Waals surface area contributed by atoms with Gasteiger partial charge in [-0.05, 0) is 49.2 Å². The molecule has 0 saturated carbocycles. The molecular formula is C21H22ClN3O2S. The van der Waals surface area contributed by atoms with E-state index in [0.29, 0.717) is 22.6 Å². The lowest BCUT2D eigenvalue weighted by molar-refractivity contribution is -0.140. The number of para-hydroxylation sites is 1. The first kappa shape index (κ1) is 20.4. The minimum Gasteiger partial charge on any atom is -0.465 e. The number of aryl methyl sites for hydroxylation is 1. The Hall–Kier alpha value is -2.31. The Bertz CT molecular complexity index is 941. The predicted octanol–water partition coefficient (Wildman–Crippen LogP) is 5.33. The molecule has 0 N–H and O–H groups in total. The molecule has 0 spiro atoms. The van der Waals surface area contributed by atoms with Gasteiger partial charge in [0, 0.05) is 10.6 Å². The van der Waals surface area contributed by atoms with Gasteiger partial charge in [-0.25, -0.2) is 0 Å². The third kappa shape index (κ3) is 4.94. The molecule has 0 aliphatic carbocycles. The van der Waals surface area contributed by atoms with Crippen LogP contribution in [-0.2, 0) is 9.53 Å². The number of carbonyl (C=O) groups is 1. The van der Waals surface area contributed by atoms with E-state index in [-0.39, 0.29) is 11.7 Å². The first-order valence-corrected chi connectivity index (χ1v) is 10.5. The summed E-state index contributed by atoms with van der Waals surface area (Å²) in [6.07, 6.45) is 1.86. The van der Waals surface area contributed by atoms with Gasteiger partial charge in [0.2, 0.25) is 0 Å². The Morgan fingerprint density at radius 1 is 1.14 bits per heavy atom. The molecule has 7 heteroatoms. The molecule has 5 nitrogen and oxygen atoms in total. The van der Waals surface area contributed by atoms with Gasteiger partial charge >= 0.3 is 5.97 Å². The fraction of sp³-hybridized carbons (Fsp3) is 0.286. The van der Waals surface area contributed by atoms with Crippen molar-refractivity contribution in [2.24, 2.45) is 0 Å². The number of aromatic nitrogens is 3. The Labute approximate surface area is 174 Å². The summed E-state index contributed by atoms with van der Waals surface area (Å²) in [5, 5.41) is 10.0. The second kappa shape index (κ2) is 9.75. The van der Waals surface area contributed by atoms with Gasteiger partial charge in [-0.3, -0.25) is 9.36 Å². The summed E-state index contributed by atoms with van der Waals surface area (Å²) in [6.45, 7) is 4.55. The number of hydrogen-bond acceptors (Lipinski definition) is 5. The third-order valence-corrected chi connectivity index (χ3v) is 5.33. The van der Waals surface area contributed by atoms with Crippen LogP contribution in [0, 0.1) is 6.92 Å². The number of rotatable bonds is 8. The third-order valence-electron chi connectivity index (χ3n) is 4.17. The molecule has 0 bridgehead atoms. The van der Waals surface area contributed by atoms with Gasteiger partial charge in [-0.1, -0.05) is 54.9 Å². The van der Waals surface area contributed by atoms with Gasteiger partial charge in [0.1, 0.15) is 0 Å². The minimum atomic E-state index is -0.245. The number of esters is 1. The lowest BCUT2D eigenvalue weighted by Gasteiger charge is -2.13. The van der Waals surface area contributed by atoms with E-state index in [0.717, 1.165) is 29.7 Å². The van der Waals surface area contributed by atoms with Crippen molar-refractivity contribution in [2.75, 3.05) is 12.4 Å². The summed E-state index contributed by atoms with van der Waals surface area (Å²) >= 11 is 7.35. The molecule has 0 amide bonds. The summed E-state index contributed by atoms with van der Waals surface area (Å²) in [6, 6.07) is 15.5. The van der Waals surface area contributed by atoms with E-state index >= 15 is 0 Å². The highest BCUT2D eigenvalue weighted by molar-refractivity contribution is 7.99. The number of nitrogens with zero attached hydrogens (tertiary/aromatic N) is 3. The van der Waals surface area contributed by atoms with Crippen LogP contribution in [0.25, 0.3) is 17.1 Å². The van der Waals surface area contributed by atoms with E-state index in [1.54, 1.807) is 0 Å². The van der Waals surface area contributed by atoms with E-state index in [1.807, 2.05) is 60.0 Å². The van der Waals surface area contributed by atoms with E-state index in [4.69, 9.17) is 16.3 Å². The van der Waals surface area contributed by atoms with Gasteiger partial charge in [-0.2, -0.15) is 0 Å². The van der Waals surface area contributed by atoms with Gasteiger partial charge in [0.15, 0.2) is 11.0 Å². The van der Waals surface area contributed by atoms with E-state index in [1.165, 1.54) is 11.8 Å². The van der Waals surface area contributed by atoms with Crippen LogP contribution in [0.2, 0.25) is 5.02 Å². The Kier molecular flexibility index (Phi) is 7.12. The van der Waals surface area contributed by atoms with Gasteiger partial charge in [0.05, 0.1) is 18.0 Å². The molecule has 1 aromatic heterocycles. The van der Waals surface area contributed by atoms with Crippen molar-refractivity contribution in [1.29, 1.82) is 0 Å². The molecule has 28 heavy (non-hydrogen) atoms. The molecule has 2 aromatic carbocycles. The van der Waals surface area contributed by atoms with Crippen LogP contribution in [0.4, 0.5) is 0 Å². The molecule has 0 radical (unpaired) electrons. The molecule has 0 unspecified atom stereocenters. The summed E-state index contributed by atoms with van der Waals surface area (Å²) < 4.78 is 7.22. The second-order valence-corrected chi connectivity index (χ2v) is 7.68. The first-order valence-electron chi connectivity index (χ1n) is 9.16. The summed E-state index contributed by atoms with van der Waals surface area (Å²) in [5.41, 5.74) is 2.96. The fourth-order valence-corrected chi connectivity index (χ4v) is 3.55. The van der Waals surface area contributed by atoms with Crippen LogP contribution in [0.5, 0.6) is 0 Å². The van der Waals surface area contributed by atoms with Crippen molar-refractivity contribution in [2.45, 2.75) is 31.8 Å². The molecule has 0 fully saturated rings. The lowest BCUT2D eigenvalue weighted by Crippen LogP contribution is -2.09. The van der Waals surface area contributed by atoms with Crippen LogP contribution in [0.3, 0.4) is 0 Å². The monoisotopic (exact) mass is 415 g/mol. The molecular weight excluding hydrogens is 394 g/mol. The Balaban J connectivity index is 1.91. The Morgan fingerprint density at radius 2 is 1.89 bits per heavy atom. The number of hydrogen-bond donors (Lipinski definition) is 0. The van der Waals surface area contributed by atoms with Crippen LogP contribution in [-0.4, -0.2) is 33.1 Å². The highest BCUT2D eigenvalue weighted by atomic mass is 35.5. The standard InChI is InChI=1S/C21H22ClN3O2S/c1-3-4-13-27-19(26)14-28-21-24-23-20(16-9-11-17(22)12-10-16)25(21)18-8-6-5-7-15(18)2/h5-12H,3-4,13-14H2,1-2H3. The summed E-state index contributed by atoms with van der Waals surface area (Å²) in [7, 11) is 0. The largest absolute Gasteiger partial charge is 0.465 e.